The van der Waals surface area contributed by atoms with Crippen LogP contribution in [0.25, 0.3) is 0 Å². The second kappa shape index (κ2) is 13.1. The van der Waals surface area contributed by atoms with Crippen LogP contribution >= 0.6 is 21.6 Å². The monoisotopic (exact) mass is 505 g/mol. The Labute approximate surface area is 210 Å². The molecule has 0 bridgehead atoms. The van der Waals surface area contributed by atoms with Crippen molar-refractivity contribution in [1.29, 1.82) is 0 Å². The summed E-state index contributed by atoms with van der Waals surface area (Å²) in [5.74, 6) is 2.10. The number of benzene rings is 1. The number of Topliss-reactive ketones (excluding diaryl/α,β-unsaturated/α-hetero) is 1. The highest BCUT2D eigenvalue weighted by molar-refractivity contribution is 8.76. The van der Waals surface area contributed by atoms with Gasteiger partial charge in [-0.05, 0) is 35.7 Å². The number of methoxy groups -OCH3 is 1. The van der Waals surface area contributed by atoms with Gasteiger partial charge in [-0.3, -0.25) is 9.59 Å². The average Bonchev–Trinajstić information content (AvgIpc) is 3.33. The molecule has 0 saturated carbocycles. The van der Waals surface area contributed by atoms with E-state index < -0.39 is 6.10 Å². The van der Waals surface area contributed by atoms with Gasteiger partial charge < -0.3 is 19.6 Å². The summed E-state index contributed by atoms with van der Waals surface area (Å²) < 4.78 is 11.1. The topological polar surface area (TPSA) is 88.6 Å². The highest BCUT2D eigenvalue weighted by Crippen LogP contribution is 2.42. The molecule has 1 aromatic carbocycles. The van der Waals surface area contributed by atoms with Crippen LogP contribution in [0.2, 0.25) is 0 Å². The van der Waals surface area contributed by atoms with Crippen molar-refractivity contribution in [1.82, 2.24) is 4.98 Å². The van der Waals surface area contributed by atoms with E-state index in [1.807, 2.05) is 35.3 Å². The van der Waals surface area contributed by atoms with Gasteiger partial charge in [0.15, 0.2) is 11.5 Å². The number of ether oxygens (including phenoxy) is 2. The fourth-order valence-corrected chi connectivity index (χ4v) is 7.43. The van der Waals surface area contributed by atoms with Crippen LogP contribution in [-0.2, 0) is 14.3 Å². The third-order valence-corrected chi connectivity index (χ3v) is 8.95. The molecule has 1 aliphatic rings. The number of hydrogen-bond acceptors (Lipinski definition) is 7. The molecule has 0 radical (unpaired) electrons. The Morgan fingerprint density at radius 1 is 1.18 bits per heavy atom. The molecule has 2 N–H and O–H groups in total. The molecule has 0 aliphatic carbocycles. The Bertz CT molecular complexity index is 933. The summed E-state index contributed by atoms with van der Waals surface area (Å²) in [4.78, 5) is 28.5. The summed E-state index contributed by atoms with van der Waals surface area (Å²) in [6.45, 7) is 3.58. The zero-order chi connectivity index (χ0) is 24.5. The van der Waals surface area contributed by atoms with Crippen LogP contribution in [-0.4, -0.2) is 46.6 Å². The molecule has 4 unspecified atom stereocenters. The first-order valence-electron chi connectivity index (χ1n) is 11.9. The number of aromatic nitrogens is 1. The molecule has 1 saturated heterocycles. The van der Waals surface area contributed by atoms with E-state index in [9.17, 15) is 14.7 Å². The number of rotatable bonds is 7. The van der Waals surface area contributed by atoms with E-state index in [-0.39, 0.29) is 41.7 Å². The van der Waals surface area contributed by atoms with Gasteiger partial charge in [-0.25, -0.2) is 0 Å². The lowest BCUT2D eigenvalue weighted by Crippen LogP contribution is -2.34. The Morgan fingerprint density at radius 2 is 1.97 bits per heavy atom. The first-order valence-corrected chi connectivity index (χ1v) is 14.3. The van der Waals surface area contributed by atoms with E-state index in [0.717, 1.165) is 36.3 Å². The number of phenolic OH excluding ortho intramolecular Hbond substituents is 1. The number of phenols is 1. The number of aromatic hydroxyl groups is 1. The van der Waals surface area contributed by atoms with Crippen molar-refractivity contribution in [3.63, 3.8) is 0 Å². The van der Waals surface area contributed by atoms with E-state index >= 15 is 0 Å². The van der Waals surface area contributed by atoms with Crippen molar-refractivity contribution >= 4 is 33.3 Å². The minimum Gasteiger partial charge on any atom is -0.504 e. The largest absolute Gasteiger partial charge is 0.504 e. The molecule has 8 heteroatoms. The van der Waals surface area contributed by atoms with Crippen LogP contribution in [0, 0.1) is 5.92 Å². The minimum absolute atomic E-state index is 0.0182. The molecule has 6 nitrogen and oxygen atoms in total. The lowest BCUT2D eigenvalue weighted by Gasteiger charge is -2.33. The van der Waals surface area contributed by atoms with Gasteiger partial charge in [0.05, 0.1) is 7.11 Å². The molecule has 0 amide bonds. The molecule has 0 spiro atoms. The van der Waals surface area contributed by atoms with Gasteiger partial charge in [0.2, 0.25) is 0 Å². The number of hydrogen-bond donors (Lipinski definition) is 2. The zero-order valence-corrected chi connectivity index (χ0v) is 21.8. The fourth-order valence-electron chi connectivity index (χ4n) is 4.67. The number of carbonyl (C=O) groups excluding carboxylic acids is 2. The summed E-state index contributed by atoms with van der Waals surface area (Å²) in [6, 6.07) is 7.38. The summed E-state index contributed by atoms with van der Waals surface area (Å²) >= 11 is 0. The van der Waals surface area contributed by atoms with Crippen LogP contribution in [0.15, 0.2) is 36.7 Å². The van der Waals surface area contributed by atoms with Crippen LogP contribution in [0.4, 0.5) is 0 Å². The number of unbranched alkanes of at least 4 members (excludes halogenated alkanes) is 1. The van der Waals surface area contributed by atoms with Gasteiger partial charge in [-0.15, -0.1) is 0 Å². The molecule has 186 valence electrons. The van der Waals surface area contributed by atoms with E-state index in [1.54, 1.807) is 16.9 Å². The normalized spacial score (nSPS) is 24.3. The Kier molecular flexibility index (Phi) is 10.3. The Hall–Kier alpha value is -2.06. The number of aromatic amines is 1. The summed E-state index contributed by atoms with van der Waals surface area (Å²) in [5.41, 5.74) is 2.15. The van der Waals surface area contributed by atoms with Crippen molar-refractivity contribution in [2.45, 2.75) is 63.9 Å². The Balaban J connectivity index is 1.92. The van der Waals surface area contributed by atoms with Gasteiger partial charge in [-0.1, -0.05) is 47.4 Å². The average molecular weight is 506 g/mol. The maximum absolute atomic E-state index is 13.3. The number of H-pyrrole nitrogens is 1. The van der Waals surface area contributed by atoms with Crippen molar-refractivity contribution in [3.8, 4) is 11.5 Å². The SMILES string of the molecule is CCCCC1C(OC(C)=O)CC(=O)CC(c2ccc(O)c(OC)c2)CSSCC1c1cc[nH]c1. The van der Waals surface area contributed by atoms with Gasteiger partial charge >= 0.3 is 5.97 Å². The number of nitrogens with one attached hydrogen (secondary N) is 1. The van der Waals surface area contributed by atoms with Gasteiger partial charge in [0.1, 0.15) is 11.9 Å². The molecule has 1 fully saturated rings. The maximum atomic E-state index is 13.3. The summed E-state index contributed by atoms with van der Waals surface area (Å²) in [5, 5.41) is 9.99. The molecule has 2 aromatic rings. The standard InChI is InChI=1S/C26H35NO5S2/c1-4-5-6-22-23(19-9-10-27-14-19)16-34-33-15-20(11-21(29)13-25(22)32-17(2)28)18-7-8-24(30)26(12-18)31-3/h7-10,12,14,20,22-23,25,27,30H,4-6,11,13,15-16H2,1-3H3. The van der Waals surface area contributed by atoms with Crippen molar-refractivity contribution in [3.05, 3.63) is 47.8 Å². The lowest BCUT2D eigenvalue weighted by molar-refractivity contribution is -0.151. The van der Waals surface area contributed by atoms with Crippen molar-refractivity contribution < 1.29 is 24.2 Å². The van der Waals surface area contributed by atoms with Gasteiger partial charge in [0, 0.05) is 61.4 Å². The fraction of sp³-hybridized carbons (Fsp3) is 0.538. The summed E-state index contributed by atoms with van der Waals surface area (Å²) in [6.07, 6.45) is 7.04. The number of esters is 1. The predicted molar refractivity (Wildman–Crippen MR) is 139 cm³/mol. The highest BCUT2D eigenvalue weighted by atomic mass is 33.1. The quantitative estimate of drug-likeness (QED) is 0.348. The van der Waals surface area contributed by atoms with E-state index in [4.69, 9.17) is 9.47 Å². The van der Waals surface area contributed by atoms with E-state index in [0.29, 0.717) is 12.2 Å². The maximum Gasteiger partial charge on any atom is 0.302 e. The molecular formula is C26H35NO5S2. The lowest BCUT2D eigenvalue weighted by atomic mass is 9.79. The van der Waals surface area contributed by atoms with Gasteiger partial charge in [-0.2, -0.15) is 0 Å². The Morgan fingerprint density at radius 3 is 2.65 bits per heavy atom. The van der Waals surface area contributed by atoms with Crippen LogP contribution < -0.4 is 4.74 Å². The minimum atomic E-state index is -0.449. The molecule has 3 rings (SSSR count). The molecule has 1 aliphatic heterocycles. The smallest absolute Gasteiger partial charge is 0.302 e. The van der Waals surface area contributed by atoms with E-state index in [1.165, 1.54) is 19.6 Å². The number of carbonyl (C=O) groups is 2. The third-order valence-electron chi connectivity index (χ3n) is 6.43. The predicted octanol–water partition coefficient (Wildman–Crippen LogP) is 6.08. The molecule has 2 heterocycles. The second-order valence-corrected chi connectivity index (χ2v) is 11.4. The summed E-state index contributed by atoms with van der Waals surface area (Å²) in [7, 11) is 5.10. The van der Waals surface area contributed by atoms with Gasteiger partial charge in [0.25, 0.3) is 0 Å². The highest BCUT2D eigenvalue weighted by Gasteiger charge is 2.35. The first-order chi connectivity index (χ1) is 16.4. The van der Waals surface area contributed by atoms with Crippen LogP contribution in [0.1, 0.15) is 68.9 Å². The third kappa shape index (κ3) is 7.22. The first kappa shape index (κ1) is 26.5. The molecule has 1 aromatic heterocycles. The van der Waals surface area contributed by atoms with E-state index in [2.05, 4.69) is 18.0 Å². The molecule has 4 atom stereocenters. The zero-order valence-electron chi connectivity index (χ0n) is 20.1. The van der Waals surface area contributed by atoms with Crippen molar-refractivity contribution in [2.75, 3.05) is 18.6 Å². The molecule has 34 heavy (non-hydrogen) atoms. The van der Waals surface area contributed by atoms with Crippen molar-refractivity contribution in [2.24, 2.45) is 5.92 Å². The second-order valence-electron chi connectivity index (χ2n) is 8.85. The molecular weight excluding hydrogens is 470 g/mol. The number of ketones is 1. The van der Waals surface area contributed by atoms with Crippen LogP contribution in [0.3, 0.4) is 0 Å². The van der Waals surface area contributed by atoms with Crippen LogP contribution in [0.5, 0.6) is 11.5 Å².